The van der Waals surface area contributed by atoms with Gasteiger partial charge in [-0.05, 0) is 44.0 Å². The predicted octanol–water partition coefficient (Wildman–Crippen LogP) is 4.01. The molecular formula is C26H26FN3O3. The second-order valence-corrected chi connectivity index (χ2v) is 9.42. The van der Waals surface area contributed by atoms with Crippen LogP contribution < -0.4 is 11.2 Å². The highest BCUT2D eigenvalue weighted by molar-refractivity contribution is 5.96. The van der Waals surface area contributed by atoms with Crippen LogP contribution in [0.15, 0.2) is 58.1 Å². The van der Waals surface area contributed by atoms with E-state index < -0.39 is 17.3 Å². The van der Waals surface area contributed by atoms with Crippen molar-refractivity contribution in [1.29, 1.82) is 0 Å². The lowest BCUT2D eigenvalue weighted by Crippen LogP contribution is -2.40. The largest absolute Gasteiger partial charge is 0.365 e. The van der Waals surface area contributed by atoms with Gasteiger partial charge in [0.1, 0.15) is 11.9 Å². The summed E-state index contributed by atoms with van der Waals surface area (Å²) in [6, 6.07) is 14.3. The fourth-order valence-electron chi connectivity index (χ4n) is 4.91. The predicted molar refractivity (Wildman–Crippen MR) is 126 cm³/mol. The standard InChI is InChI=1S/C26H26FN3O3/c1-15-9-11-16(12-10-15)20-19-21(28(4)25(32)29(5)24(19)31)22-23(17-7-6-8-18(27)13-17)33-14-26(2,3)30(20)22/h6-13,23H,14H2,1-5H3/t23-/m0/s1. The molecule has 0 radical (unpaired) electrons. The van der Waals surface area contributed by atoms with E-state index in [0.29, 0.717) is 28.8 Å². The SMILES string of the molecule is Cc1ccc(-c2c3c(=O)n(C)c(=O)n(C)c3c3n2C(C)(C)CO[C@H]3c2cccc(F)c2)cc1. The van der Waals surface area contributed by atoms with Crippen LogP contribution in [0, 0.1) is 12.7 Å². The Labute approximate surface area is 190 Å². The lowest BCUT2D eigenvalue weighted by atomic mass is 9.98. The fraction of sp³-hybridized carbons (Fsp3) is 0.308. The maximum atomic E-state index is 14.2. The molecule has 0 saturated carbocycles. The third-order valence-electron chi connectivity index (χ3n) is 6.54. The van der Waals surface area contributed by atoms with Gasteiger partial charge < -0.3 is 9.30 Å². The first-order chi connectivity index (χ1) is 15.6. The van der Waals surface area contributed by atoms with Crippen LogP contribution in [-0.4, -0.2) is 20.3 Å². The summed E-state index contributed by atoms with van der Waals surface area (Å²) < 4.78 is 25.2. The number of ether oxygens (including phenoxy) is 1. The van der Waals surface area contributed by atoms with Crippen molar-refractivity contribution in [2.75, 3.05) is 6.61 Å². The minimum absolute atomic E-state index is 0.356. The molecule has 7 heteroatoms. The summed E-state index contributed by atoms with van der Waals surface area (Å²) in [4.78, 5) is 26.5. The van der Waals surface area contributed by atoms with Crippen molar-refractivity contribution >= 4 is 10.9 Å². The van der Waals surface area contributed by atoms with Crippen molar-refractivity contribution in [3.63, 3.8) is 0 Å². The van der Waals surface area contributed by atoms with Gasteiger partial charge in [0, 0.05) is 14.1 Å². The molecule has 3 heterocycles. The Morgan fingerprint density at radius 3 is 2.39 bits per heavy atom. The van der Waals surface area contributed by atoms with E-state index in [1.54, 1.807) is 19.2 Å². The van der Waals surface area contributed by atoms with E-state index >= 15 is 0 Å². The molecule has 2 aromatic carbocycles. The van der Waals surface area contributed by atoms with Crippen molar-refractivity contribution in [2.45, 2.75) is 32.4 Å². The first kappa shape index (κ1) is 21.4. The first-order valence-electron chi connectivity index (χ1n) is 10.9. The number of nitrogens with zero attached hydrogens (tertiary/aromatic N) is 3. The summed E-state index contributed by atoms with van der Waals surface area (Å²) in [5.41, 5.74) is 3.26. The van der Waals surface area contributed by atoms with Crippen LogP contribution >= 0.6 is 0 Å². The van der Waals surface area contributed by atoms with Gasteiger partial charge in [-0.3, -0.25) is 13.9 Å². The third kappa shape index (κ3) is 3.10. The average molecular weight is 448 g/mol. The molecule has 0 unspecified atom stereocenters. The van der Waals surface area contributed by atoms with Crippen LogP contribution in [0.2, 0.25) is 0 Å². The molecule has 1 aliphatic heterocycles. The van der Waals surface area contributed by atoms with Crippen LogP contribution in [0.3, 0.4) is 0 Å². The molecule has 170 valence electrons. The zero-order valence-corrected chi connectivity index (χ0v) is 19.3. The number of aromatic nitrogens is 3. The smallest absolute Gasteiger partial charge is 0.331 e. The van der Waals surface area contributed by atoms with E-state index in [4.69, 9.17) is 4.74 Å². The van der Waals surface area contributed by atoms with Crippen LogP contribution in [-0.2, 0) is 24.4 Å². The monoisotopic (exact) mass is 447 g/mol. The van der Waals surface area contributed by atoms with Crippen LogP contribution in [0.1, 0.15) is 36.8 Å². The van der Waals surface area contributed by atoms with Gasteiger partial charge in [-0.25, -0.2) is 9.18 Å². The maximum Gasteiger partial charge on any atom is 0.331 e. The Hall–Kier alpha value is -3.45. The number of halogens is 1. The van der Waals surface area contributed by atoms with Gasteiger partial charge in [0.15, 0.2) is 0 Å². The van der Waals surface area contributed by atoms with Gasteiger partial charge in [-0.2, -0.15) is 0 Å². The van der Waals surface area contributed by atoms with Gasteiger partial charge in [0.25, 0.3) is 5.56 Å². The van der Waals surface area contributed by atoms with E-state index in [2.05, 4.69) is 4.57 Å². The van der Waals surface area contributed by atoms with Gasteiger partial charge in [0.05, 0.1) is 34.4 Å². The molecule has 5 rings (SSSR count). The maximum absolute atomic E-state index is 14.2. The zero-order valence-electron chi connectivity index (χ0n) is 19.3. The van der Waals surface area contributed by atoms with Crippen LogP contribution in [0.5, 0.6) is 0 Å². The van der Waals surface area contributed by atoms with E-state index in [1.807, 2.05) is 45.0 Å². The Balaban J connectivity index is 2.01. The number of hydrogen-bond acceptors (Lipinski definition) is 3. The van der Waals surface area contributed by atoms with E-state index in [-0.39, 0.29) is 11.4 Å². The molecule has 0 spiro atoms. The molecule has 4 aromatic rings. The van der Waals surface area contributed by atoms with Crippen molar-refractivity contribution in [3.05, 3.63) is 92.0 Å². The summed E-state index contributed by atoms with van der Waals surface area (Å²) in [5, 5.41) is 0.457. The van der Waals surface area contributed by atoms with Gasteiger partial charge >= 0.3 is 5.69 Å². The highest BCUT2D eigenvalue weighted by Gasteiger charge is 2.40. The fourth-order valence-corrected chi connectivity index (χ4v) is 4.91. The highest BCUT2D eigenvalue weighted by atomic mass is 19.1. The second-order valence-electron chi connectivity index (χ2n) is 9.42. The molecule has 0 fully saturated rings. The molecule has 6 nitrogen and oxygen atoms in total. The van der Waals surface area contributed by atoms with Crippen molar-refractivity contribution in [1.82, 2.24) is 13.7 Å². The minimum Gasteiger partial charge on any atom is -0.365 e. The van der Waals surface area contributed by atoms with Gasteiger partial charge in [-0.15, -0.1) is 0 Å². The average Bonchev–Trinajstić information content (AvgIpc) is 3.14. The quantitative estimate of drug-likeness (QED) is 0.467. The van der Waals surface area contributed by atoms with Crippen LogP contribution in [0.25, 0.3) is 22.2 Å². The summed E-state index contributed by atoms with van der Waals surface area (Å²) >= 11 is 0. The molecule has 0 aliphatic carbocycles. The van der Waals surface area contributed by atoms with Crippen LogP contribution in [0.4, 0.5) is 4.39 Å². The summed E-state index contributed by atoms with van der Waals surface area (Å²) in [6.07, 6.45) is -0.631. The van der Waals surface area contributed by atoms with Gasteiger partial charge in [-0.1, -0.05) is 42.0 Å². The molecule has 0 bridgehead atoms. The Morgan fingerprint density at radius 1 is 1.03 bits per heavy atom. The Morgan fingerprint density at radius 2 is 1.73 bits per heavy atom. The minimum atomic E-state index is -0.631. The van der Waals surface area contributed by atoms with Crippen molar-refractivity contribution < 1.29 is 9.13 Å². The second kappa shape index (κ2) is 7.28. The van der Waals surface area contributed by atoms with Gasteiger partial charge in [0.2, 0.25) is 0 Å². The van der Waals surface area contributed by atoms with Crippen molar-refractivity contribution in [3.8, 4) is 11.3 Å². The van der Waals surface area contributed by atoms with E-state index in [9.17, 15) is 14.0 Å². The highest BCUT2D eigenvalue weighted by Crippen LogP contribution is 2.45. The molecule has 0 saturated heterocycles. The number of hydrogen-bond donors (Lipinski definition) is 0. The lowest BCUT2D eigenvalue weighted by Gasteiger charge is -2.39. The molecule has 1 aliphatic rings. The van der Waals surface area contributed by atoms with Crippen molar-refractivity contribution in [2.24, 2.45) is 14.1 Å². The number of aryl methyl sites for hydroxylation is 2. The summed E-state index contributed by atoms with van der Waals surface area (Å²) in [6.45, 7) is 6.44. The number of benzene rings is 2. The Bertz CT molecular complexity index is 1520. The molecular weight excluding hydrogens is 421 g/mol. The molecule has 0 N–H and O–H groups in total. The number of rotatable bonds is 2. The summed E-state index contributed by atoms with van der Waals surface area (Å²) in [5.74, 6) is -0.369. The molecule has 33 heavy (non-hydrogen) atoms. The normalized spacial score (nSPS) is 17.3. The molecule has 1 atom stereocenters. The molecule has 0 amide bonds. The third-order valence-corrected chi connectivity index (χ3v) is 6.54. The van der Waals surface area contributed by atoms with E-state index in [1.165, 1.54) is 23.7 Å². The summed E-state index contributed by atoms with van der Waals surface area (Å²) in [7, 11) is 3.15. The zero-order chi connectivity index (χ0) is 23.7. The lowest BCUT2D eigenvalue weighted by molar-refractivity contribution is -0.00718. The first-order valence-corrected chi connectivity index (χ1v) is 10.9. The Kier molecular flexibility index (Phi) is 4.72. The topological polar surface area (TPSA) is 58.2 Å². The van der Waals surface area contributed by atoms with E-state index in [0.717, 1.165) is 21.4 Å². The molecule has 2 aromatic heterocycles. The number of fused-ring (bicyclic) bond motifs is 3.